The van der Waals surface area contributed by atoms with Gasteiger partial charge in [0.2, 0.25) is 0 Å². The maximum Gasteiger partial charge on any atom is 0.0400 e. The minimum atomic E-state index is 0.782. The Bertz CT molecular complexity index is 1290. The van der Waals surface area contributed by atoms with Gasteiger partial charge >= 0.3 is 0 Å². The summed E-state index contributed by atoms with van der Waals surface area (Å²) < 4.78 is 0. The van der Waals surface area contributed by atoms with Gasteiger partial charge in [0.25, 0.3) is 0 Å². The van der Waals surface area contributed by atoms with Gasteiger partial charge in [-0.15, -0.1) is 0 Å². The second kappa shape index (κ2) is 9.98. The zero-order chi connectivity index (χ0) is 22.3. The van der Waals surface area contributed by atoms with Crippen LogP contribution in [-0.2, 0) is 6.54 Å². The van der Waals surface area contributed by atoms with E-state index < -0.39 is 0 Å². The summed E-state index contributed by atoms with van der Waals surface area (Å²) in [6.07, 6.45) is 6.30. The van der Waals surface area contributed by atoms with Crippen molar-refractivity contribution in [3.63, 3.8) is 0 Å². The van der Waals surface area contributed by atoms with Gasteiger partial charge in [-0.25, -0.2) is 0 Å². The number of anilines is 1. The third-order valence-corrected chi connectivity index (χ3v) is 5.48. The lowest BCUT2D eigenvalue weighted by molar-refractivity contribution is 1.15. The van der Waals surface area contributed by atoms with E-state index in [2.05, 4.69) is 121 Å². The number of hydrogen-bond acceptors (Lipinski definition) is 1. The molecule has 0 saturated carbocycles. The Kier molecular flexibility index (Phi) is 6.67. The normalized spacial score (nSPS) is 11.8. The smallest absolute Gasteiger partial charge is 0.0400 e. The molecular formula is C31H29N. The summed E-state index contributed by atoms with van der Waals surface area (Å²) in [7, 11) is 0. The van der Waals surface area contributed by atoms with E-state index in [0.29, 0.717) is 0 Å². The predicted octanol–water partition coefficient (Wildman–Crippen LogP) is 8.65. The first kappa shape index (κ1) is 21.4. The molecule has 0 amide bonds. The van der Waals surface area contributed by atoms with Gasteiger partial charge in [0.05, 0.1) is 0 Å². The van der Waals surface area contributed by atoms with Gasteiger partial charge in [0.15, 0.2) is 0 Å². The summed E-state index contributed by atoms with van der Waals surface area (Å²) in [5.74, 6) is 0. The number of benzene rings is 4. The summed E-state index contributed by atoms with van der Waals surface area (Å²) in [5.41, 5.74) is 8.26. The highest BCUT2D eigenvalue weighted by Gasteiger charge is 2.03. The first-order chi connectivity index (χ1) is 15.6. The van der Waals surface area contributed by atoms with Crippen molar-refractivity contribution in [1.29, 1.82) is 0 Å². The second-order valence-electron chi connectivity index (χ2n) is 8.14. The van der Waals surface area contributed by atoms with Gasteiger partial charge < -0.3 is 5.32 Å². The van der Waals surface area contributed by atoms with Crippen LogP contribution in [0.3, 0.4) is 0 Å². The fourth-order valence-electron chi connectivity index (χ4n) is 3.87. The molecule has 0 aliphatic rings. The standard InChI is InChI=1S/C31H29N/c1-4-8-27(19-23(2)3)26-15-13-24(14-16-26)22-32-31-12-7-11-29(21-31)30-18-17-25-9-5-6-10-28(25)20-30/h4-21,32H,2,22H2,1,3H3/b8-4-,27-19+. The zero-order valence-electron chi connectivity index (χ0n) is 18.8. The van der Waals surface area contributed by atoms with Gasteiger partial charge in [0.1, 0.15) is 0 Å². The Morgan fingerprint density at radius 2 is 1.56 bits per heavy atom. The molecule has 1 heteroatoms. The molecule has 0 aromatic heterocycles. The van der Waals surface area contributed by atoms with Gasteiger partial charge in [-0.2, -0.15) is 0 Å². The molecule has 0 atom stereocenters. The lowest BCUT2D eigenvalue weighted by Gasteiger charge is -2.11. The second-order valence-corrected chi connectivity index (χ2v) is 8.14. The Morgan fingerprint density at radius 3 is 2.31 bits per heavy atom. The van der Waals surface area contributed by atoms with Crippen molar-refractivity contribution in [2.75, 3.05) is 5.32 Å². The van der Waals surface area contributed by atoms with Crippen molar-refractivity contribution >= 4 is 22.0 Å². The summed E-state index contributed by atoms with van der Waals surface area (Å²) in [6.45, 7) is 8.85. The number of nitrogens with one attached hydrogen (secondary N) is 1. The largest absolute Gasteiger partial charge is 0.381 e. The third-order valence-electron chi connectivity index (χ3n) is 5.48. The van der Waals surface area contributed by atoms with Crippen LogP contribution < -0.4 is 5.32 Å². The molecule has 0 aliphatic heterocycles. The van der Waals surface area contributed by atoms with Crippen LogP contribution in [0.15, 0.2) is 121 Å². The maximum atomic E-state index is 4.01. The number of fused-ring (bicyclic) bond motifs is 1. The average Bonchev–Trinajstić information content (AvgIpc) is 2.82. The minimum Gasteiger partial charge on any atom is -0.381 e. The molecule has 0 fully saturated rings. The molecule has 4 rings (SSSR count). The van der Waals surface area contributed by atoms with Crippen molar-refractivity contribution < 1.29 is 0 Å². The number of rotatable bonds is 7. The van der Waals surface area contributed by atoms with E-state index in [0.717, 1.165) is 17.8 Å². The van der Waals surface area contributed by atoms with E-state index in [1.807, 2.05) is 13.8 Å². The zero-order valence-corrected chi connectivity index (χ0v) is 18.8. The molecule has 0 spiro atoms. The fourth-order valence-corrected chi connectivity index (χ4v) is 3.87. The number of hydrogen-bond donors (Lipinski definition) is 1. The van der Waals surface area contributed by atoms with Crippen molar-refractivity contribution in [1.82, 2.24) is 0 Å². The molecule has 0 aliphatic carbocycles. The van der Waals surface area contributed by atoms with Gasteiger partial charge in [-0.1, -0.05) is 103 Å². The monoisotopic (exact) mass is 415 g/mol. The van der Waals surface area contributed by atoms with E-state index in [-0.39, 0.29) is 0 Å². The lowest BCUT2D eigenvalue weighted by atomic mass is 10.0. The van der Waals surface area contributed by atoms with Crippen LogP contribution >= 0.6 is 0 Å². The molecule has 0 radical (unpaired) electrons. The molecule has 4 aromatic carbocycles. The first-order valence-electron chi connectivity index (χ1n) is 11.0. The summed E-state index contributed by atoms with van der Waals surface area (Å²) in [6, 6.07) is 32.5. The molecule has 0 bridgehead atoms. The summed E-state index contributed by atoms with van der Waals surface area (Å²) in [5, 5.41) is 6.11. The highest BCUT2D eigenvalue weighted by atomic mass is 14.9. The molecule has 4 aromatic rings. The molecule has 1 nitrogen and oxygen atoms in total. The highest BCUT2D eigenvalue weighted by Crippen LogP contribution is 2.27. The van der Waals surface area contributed by atoms with Crippen LogP contribution in [-0.4, -0.2) is 0 Å². The van der Waals surface area contributed by atoms with Gasteiger partial charge in [0, 0.05) is 12.2 Å². The van der Waals surface area contributed by atoms with E-state index in [1.54, 1.807) is 0 Å². The van der Waals surface area contributed by atoms with Crippen LogP contribution in [0, 0.1) is 0 Å². The van der Waals surface area contributed by atoms with Gasteiger partial charge in [-0.05, 0) is 70.6 Å². The Labute approximate surface area is 191 Å². The molecule has 32 heavy (non-hydrogen) atoms. The quantitative estimate of drug-likeness (QED) is 0.298. The topological polar surface area (TPSA) is 12.0 Å². The molecule has 0 saturated heterocycles. The molecular weight excluding hydrogens is 386 g/mol. The SMILES string of the molecule is C=C(C)/C=C(\C=C/C)c1ccc(CNc2cccc(-c3ccc4ccccc4c3)c2)cc1. The summed E-state index contributed by atoms with van der Waals surface area (Å²) >= 11 is 0. The molecule has 158 valence electrons. The van der Waals surface area contributed by atoms with Crippen LogP contribution in [0.2, 0.25) is 0 Å². The van der Waals surface area contributed by atoms with Crippen LogP contribution in [0.25, 0.3) is 27.5 Å². The van der Waals surface area contributed by atoms with Crippen molar-refractivity contribution in [3.05, 3.63) is 133 Å². The summed E-state index contributed by atoms with van der Waals surface area (Å²) in [4.78, 5) is 0. The fraction of sp³-hybridized carbons (Fsp3) is 0.0968. The van der Waals surface area contributed by atoms with E-state index in [9.17, 15) is 0 Å². The Hall–Kier alpha value is -3.84. The lowest BCUT2D eigenvalue weighted by Crippen LogP contribution is -1.99. The molecule has 0 unspecified atom stereocenters. The first-order valence-corrected chi connectivity index (χ1v) is 11.0. The van der Waals surface area contributed by atoms with Crippen LogP contribution in [0.5, 0.6) is 0 Å². The maximum absolute atomic E-state index is 4.01. The predicted molar refractivity (Wildman–Crippen MR) is 141 cm³/mol. The van der Waals surface area contributed by atoms with Crippen molar-refractivity contribution in [2.45, 2.75) is 20.4 Å². The third kappa shape index (κ3) is 5.25. The Morgan fingerprint density at radius 1 is 0.812 bits per heavy atom. The Balaban J connectivity index is 1.48. The van der Waals surface area contributed by atoms with Gasteiger partial charge in [-0.3, -0.25) is 0 Å². The highest BCUT2D eigenvalue weighted by molar-refractivity contribution is 5.87. The van der Waals surface area contributed by atoms with Crippen molar-refractivity contribution in [3.8, 4) is 11.1 Å². The van der Waals surface area contributed by atoms with Crippen LogP contribution in [0.4, 0.5) is 5.69 Å². The van der Waals surface area contributed by atoms with E-state index in [1.165, 1.54) is 38.6 Å². The molecule has 1 N–H and O–H groups in total. The van der Waals surface area contributed by atoms with Crippen LogP contribution in [0.1, 0.15) is 25.0 Å². The average molecular weight is 416 g/mol. The molecule has 0 heterocycles. The van der Waals surface area contributed by atoms with E-state index in [4.69, 9.17) is 0 Å². The minimum absolute atomic E-state index is 0.782. The van der Waals surface area contributed by atoms with E-state index >= 15 is 0 Å². The van der Waals surface area contributed by atoms with Crippen molar-refractivity contribution in [2.24, 2.45) is 0 Å². The number of allylic oxidation sites excluding steroid dienone is 5.